The van der Waals surface area contributed by atoms with E-state index in [1.54, 1.807) is 14.0 Å². The van der Waals surface area contributed by atoms with Crippen LogP contribution in [0.5, 0.6) is 5.75 Å². The fourth-order valence-electron chi connectivity index (χ4n) is 12.6. The van der Waals surface area contributed by atoms with Crippen molar-refractivity contribution in [1.29, 1.82) is 0 Å². The number of methoxy groups -OCH3 is 2. The molecule has 0 radical (unpaired) electrons. The second kappa shape index (κ2) is 16.0. The first-order chi connectivity index (χ1) is 28.7. The van der Waals surface area contributed by atoms with Crippen LogP contribution in [0.2, 0.25) is 0 Å². The van der Waals surface area contributed by atoms with E-state index in [0.717, 1.165) is 83.7 Å². The molecule has 2 aromatic carbocycles. The molecule has 3 aromatic rings. The SMILES string of the molecule is CCC1(O)C[C@@H](CCc2cc3c(cc2OC)N(C)C2C34CCN3CC=C[C@](CC)(C34)[C@@H](O)[C@]2(O)C(=O)NCC(C)O)CN(CCc2c(CC(=O)OC)[nH]c3ccccc23)C1. The number of carbonyl (C=O) groups is 2. The summed E-state index contributed by atoms with van der Waals surface area (Å²) in [6, 6.07) is 11.5. The summed E-state index contributed by atoms with van der Waals surface area (Å²) < 4.78 is 11.1. The van der Waals surface area contributed by atoms with Crippen molar-refractivity contribution in [2.24, 2.45) is 11.3 Å². The summed E-state index contributed by atoms with van der Waals surface area (Å²) >= 11 is 0. The molecule has 0 bridgehead atoms. The summed E-state index contributed by atoms with van der Waals surface area (Å²) in [6.07, 6.45) is 6.90. The monoisotopic (exact) mass is 827 g/mol. The van der Waals surface area contributed by atoms with Crippen LogP contribution in [0.15, 0.2) is 48.6 Å². The van der Waals surface area contributed by atoms with E-state index in [-0.39, 0.29) is 30.9 Å². The predicted molar refractivity (Wildman–Crippen MR) is 230 cm³/mol. The Morgan fingerprint density at radius 1 is 1.08 bits per heavy atom. The minimum Gasteiger partial charge on any atom is -0.496 e. The van der Waals surface area contributed by atoms with Gasteiger partial charge in [0.15, 0.2) is 5.60 Å². The fraction of sp³-hybridized carbons (Fsp3) is 0.617. The topological polar surface area (TPSA) is 171 Å². The number of H-pyrrole nitrogens is 1. The van der Waals surface area contributed by atoms with E-state index in [0.29, 0.717) is 38.6 Å². The Morgan fingerprint density at radius 2 is 1.87 bits per heavy atom. The first kappa shape index (κ1) is 42.7. The Labute approximate surface area is 353 Å². The quantitative estimate of drug-likeness (QED) is 0.104. The number of likely N-dealkylation sites (tertiary alicyclic amines) is 1. The average Bonchev–Trinajstić information content (AvgIpc) is 3.88. The van der Waals surface area contributed by atoms with Crippen LogP contribution in [0, 0.1) is 11.3 Å². The average molecular weight is 828 g/mol. The Balaban J connectivity index is 1.10. The molecule has 1 spiro atoms. The number of aromatic amines is 1. The zero-order chi connectivity index (χ0) is 42.8. The maximum Gasteiger partial charge on any atom is 0.311 e. The van der Waals surface area contributed by atoms with Gasteiger partial charge in [0.05, 0.1) is 38.4 Å². The molecule has 9 atom stereocenters. The van der Waals surface area contributed by atoms with Crippen LogP contribution in [0.3, 0.4) is 0 Å². The maximum atomic E-state index is 14.3. The van der Waals surface area contributed by atoms with Crippen LogP contribution >= 0.6 is 0 Å². The molecule has 6 N–H and O–H groups in total. The summed E-state index contributed by atoms with van der Waals surface area (Å²) in [5, 5.41) is 51.3. The van der Waals surface area contributed by atoms with Crippen molar-refractivity contribution < 1.29 is 39.5 Å². The number of hydrogen-bond acceptors (Lipinski definition) is 11. The van der Waals surface area contributed by atoms with E-state index in [2.05, 4.69) is 57.4 Å². The number of benzene rings is 2. The molecule has 4 aliphatic heterocycles. The predicted octanol–water partition coefficient (Wildman–Crippen LogP) is 3.23. The number of carbonyl (C=O) groups excluding carboxylic acids is 2. The number of ether oxygens (including phenoxy) is 2. The number of piperidine rings is 1. The number of amides is 1. The number of fused-ring (bicyclic) bond motifs is 2. The second-order valence-electron chi connectivity index (χ2n) is 18.6. The molecule has 1 aliphatic carbocycles. The van der Waals surface area contributed by atoms with Crippen LogP contribution in [-0.4, -0.2) is 143 Å². The highest BCUT2D eigenvalue weighted by Crippen LogP contribution is 2.67. The van der Waals surface area contributed by atoms with Gasteiger partial charge < -0.3 is 45.1 Å². The van der Waals surface area contributed by atoms with Crippen LogP contribution in [0.1, 0.15) is 75.3 Å². The number of esters is 1. The van der Waals surface area contributed by atoms with Crippen molar-refractivity contribution >= 4 is 28.5 Å². The summed E-state index contributed by atoms with van der Waals surface area (Å²) in [7, 11) is 5.00. The van der Waals surface area contributed by atoms with Gasteiger partial charge >= 0.3 is 5.97 Å². The number of aryl methyl sites for hydroxylation is 1. The van der Waals surface area contributed by atoms with E-state index < -0.39 is 46.2 Å². The lowest BCUT2D eigenvalue weighted by Crippen LogP contribution is -2.81. The number of rotatable bonds is 14. The smallest absolute Gasteiger partial charge is 0.311 e. The van der Waals surface area contributed by atoms with E-state index >= 15 is 0 Å². The zero-order valence-electron chi connectivity index (χ0n) is 36.2. The van der Waals surface area contributed by atoms with E-state index in [1.807, 2.05) is 37.1 Å². The van der Waals surface area contributed by atoms with E-state index in [1.165, 1.54) is 7.11 Å². The third-order valence-electron chi connectivity index (χ3n) is 15.3. The molecule has 3 fully saturated rings. The third-order valence-corrected chi connectivity index (χ3v) is 15.3. The van der Waals surface area contributed by atoms with Gasteiger partial charge in [-0.25, -0.2) is 0 Å². The van der Waals surface area contributed by atoms with Crippen molar-refractivity contribution in [3.05, 3.63) is 70.9 Å². The zero-order valence-corrected chi connectivity index (χ0v) is 36.2. The summed E-state index contributed by atoms with van der Waals surface area (Å²) in [5.74, 6) is -0.0243. The van der Waals surface area contributed by atoms with Crippen molar-refractivity contribution in [3.8, 4) is 5.75 Å². The van der Waals surface area contributed by atoms with Crippen LogP contribution < -0.4 is 15.0 Å². The molecule has 13 nitrogen and oxygen atoms in total. The number of nitrogens with one attached hydrogen (secondary N) is 2. The lowest BCUT2D eigenvalue weighted by molar-refractivity contribution is -0.203. The number of aliphatic hydroxyl groups is 4. The Morgan fingerprint density at radius 3 is 2.58 bits per heavy atom. The first-order valence-corrected chi connectivity index (χ1v) is 22.0. The standard InChI is InChI=1S/C47H65N5O8/c1-7-44(57)25-30(27-51(28-44)20-16-33-32-12-9-10-13-35(32)49-36(33)23-39(54)60-6)14-15-31-22-34-37(24-38(31)59-5)50(4)41-46(34)18-21-52-19-11-17-45(8-2,40(46)52)42(55)47(41,58)43(56)48-26-29(3)53/h9-13,17,22,24,29-30,40-42,49,53,55,57-58H,7-8,14-16,18-21,23,25-28H2,1-6H3,(H,48,56)/t29?,30-,40?,41?,42-,44?,45-,46?,47+/m1/s1. The van der Waals surface area contributed by atoms with Crippen molar-refractivity contribution in [1.82, 2.24) is 20.1 Å². The molecule has 5 unspecified atom stereocenters. The molecular formula is C47H65N5O8. The van der Waals surface area contributed by atoms with Gasteiger partial charge in [0.25, 0.3) is 5.91 Å². The number of aromatic nitrogens is 1. The third kappa shape index (κ3) is 6.66. The number of anilines is 1. The van der Waals surface area contributed by atoms with Crippen LogP contribution in [-0.2, 0) is 39.0 Å². The molecular weight excluding hydrogens is 763 g/mol. The van der Waals surface area contributed by atoms with Gasteiger partial charge in [-0.3, -0.25) is 19.4 Å². The van der Waals surface area contributed by atoms with Gasteiger partial charge in [-0.05, 0) is 93.2 Å². The molecule has 60 heavy (non-hydrogen) atoms. The summed E-state index contributed by atoms with van der Waals surface area (Å²) in [5.41, 5.74) is 1.35. The maximum absolute atomic E-state index is 14.3. The minimum absolute atomic E-state index is 0.0437. The van der Waals surface area contributed by atoms with Gasteiger partial charge in [0.1, 0.15) is 11.9 Å². The molecule has 2 saturated heterocycles. The van der Waals surface area contributed by atoms with E-state index in [4.69, 9.17) is 9.47 Å². The van der Waals surface area contributed by atoms with Gasteiger partial charge in [-0.2, -0.15) is 0 Å². The molecule has 13 heteroatoms. The highest BCUT2D eigenvalue weighted by molar-refractivity contribution is 5.90. The van der Waals surface area contributed by atoms with Crippen molar-refractivity contribution in [3.63, 3.8) is 0 Å². The molecule has 1 amide bonds. The molecule has 326 valence electrons. The molecule has 1 aromatic heterocycles. The Hall–Kier alpha value is -3.98. The van der Waals surface area contributed by atoms with Crippen LogP contribution in [0.4, 0.5) is 5.69 Å². The number of β-amino-alcohol motifs (C(OH)–C–C–N with tert-alkyl or cyclic N) is 1. The number of aliphatic hydroxyl groups excluding tert-OH is 2. The minimum atomic E-state index is -2.19. The number of nitrogens with zero attached hydrogens (tertiary/aromatic N) is 3. The van der Waals surface area contributed by atoms with Gasteiger partial charge in [-0.1, -0.05) is 44.2 Å². The highest BCUT2D eigenvalue weighted by atomic mass is 16.5. The fourth-order valence-corrected chi connectivity index (χ4v) is 12.6. The summed E-state index contributed by atoms with van der Waals surface area (Å²) in [6.45, 7) is 9.26. The largest absolute Gasteiger partial charge is 0.496 e. The first-order valence-electron chi connectivity index (χ1n) is 22.0. The van der Waals surface area contributed by atoms with Crippen molar-refractivity contribution in [2.75, 3.05) is 65.4 Å². The number of para-hydroxylation sites is 1. The van der Waals surface area contributed by atoms with Gasteiger partial charge in [0, 0.05) is 85.0 Å². The van der Waals surface area contributed by atoms with Crippen LogP contribution in [0.25, 0.3) is 10.9 Å². The molecule has 1 saturated carbocycles. The van der Waals surface area contributed by atoms with Crippen molar-refractivity contribution in [2.45, 2.75) is 113 Å². The lowest BCUT2D eigenvalue weighted by atomic mass is 9.47. The normalized spacial score (nSPS) is 32.7. The number of hydrogen-bond donors (Lipinski definition) is 6. The highest BCUT2D eigenvalue weighted by Gasteiger charge is 2.78. The molecule has 5 heterocycles. The number of likely N-dealkylation sites (N-methyl/N-ethyl adjacent to an activating group) is 1. The Kier molecular flexibility index (Phi) is 11.4. The van der Waals surface area contributed by atoms with Gasteiger partial charge in [0.2, 0.25) is 0 Å². The Bertz CT molecular complexity index is 2140. The molecule has 5 aliphatic rings. The van der Waals surface area contributed by atoms with E-state index in [9.17, 15) is 30.0 Å². The second-order valence-corrected chi connectivity index (χ2v) is 18.6. The lowest BCUT2D eigenvalue weighted by Gasteiger charge is -2.63. The molecule has 8 rings (SSSR count). The van der Waals surface area contributed by atoms with Gasteiger partial charge in [-0.15, -0.1) is 0 Å². The summed E-state index contributed by atoms with van der Waals surface area (Å²) in [4.78, 5) is 36.9.